The van der Waals surface area contributed by atoms with Crippen molar-refractivity contribution in [1.29, 1.82) is 0 Å². The number of halogens is 1. The van der Waals surface area contributed by atoms with E-state index in [-0.39, 0.29) is 18.9 Å². The molecule has 1 aromatic heterocycles. The molecular weight excluding hydrogens is 380 g/mol. The van der Waals surface area contributed by atoms with E-state index >= 15 is 0 Å². The minimum Gasteiger partial charge on any atom is -0.484 e. The summed E-state index contributed by atoms with van der Waals surface area (Å²) in [7, 11) is 0. The number of aromatic amines is 1. The van der Waals surface area contributed by atoms with Crippen LogP contribution in [0.25, 0.3) is 10.9 Å². The molecule has 0 amide bonds. The highest BCUT2D eigenvalue weighted by atomic mass is 79.9. The Morgan fingerprint density at radius 1 is 1.28 bits per heavy atom. The molecule has 0 saturated heterocycles. The predicted molar refractivity (Wildman–Crippen MR) is 105 cm³/mol. The molecule has 25 heavy (non-hydrogen) atoms. The lowest BCUT2D eigenvalue weighted by molar-refractivity contribution is -0.119. The van der Waals surface area contributed by atoms with Crippen LogP contribution in [0, 0.1) is 13.8 Å². The Morgan fingerprint density at radius 3 is 2.92 bits per heavy atom. The molecule has 0 aliphatic rings. The molecule has 0 bridgehead atoms. The summed E-state index contributed by atoms with van der Waals surface area (Å²) in [6.45, 7) is 4.09. The minimum atomic E-state index is -0.0654. The Labute approximate surface area is 155 Å². The number of H-pyrrole nitrogens is 1. The number of ether oxygens (including phenoxy) is 1. The van der Waals surface area contributed by atoms with Gasteiger partial charge in [-0.1, -0.05) is 18.2 Å². The Bertz CT molecular complexity index is 921. The van der Waals surface area contributed by atoms with Gasteiger partial charge in [-0.15, -0.1) is 0 Å². The van der Waals surface area contributed by atoms with Gasteiger partial charge in [0.15, 0.2) is 5.78 Å². The molecule has 3 aromatic rings. The van der Waals surface area contributed by atoms with E-state index < -0.39 is 0 Å². The molecule has 4 nitrogen and oxygen atoms in total. The Morgan fingerprint density at radius 2 is 2.12 bits per heavy atom. The summed E-state index contributed by atoms with van der Waals surface area (Å²) >= 11 is 3.48. The van der Waals surface area contributed by atoms with E-state index in [4.69, 9.17) is 4.74 Å². The molecule has 0 aliphatic heterocycles. The summed E-state index contributed by atoms with van der Waals surface area (Å²) in [6, 6.07) is 12.0. The molecule has 0 fully saturated rings. The number of fused-ring (bicyclic) bond motifs is 1. The molecule has 2 aromatic carbocycles. The largest absolute Gasteiger partial charge is 0.484 e. The maximum absolute atomic E-state index is 12.0. The van der Waals surface area contributed by atoms with Crippen molar-refractivity contribution >= 4 is 38.8 Å². The highest BCUT2D eigenvalue weighted by Crippen LogP contribution is 2.30. The predicted octanol–water partition coefficient (Wildman–Crippen LogP) is 4.61. The first-order valence-corrected chi connectivity index (χ1v) is 8.81. The van der Waals surface area contributed by atoms with Gasteiger partial charge in [-0.2, -0.15) is 0 Å². The van der Waals surface area contributed by atoms with Gasteiger partial charge in [0.1, 0.15) is 18.9 Å². The van der Waals surface area contributed by atoms with Crippen molar-refractivity contribution in [2.24, 2.45) is 4.99 Å². The average molecular weight is 399 g/mol. The maximum atomic E-state index is 12.0. The van der Waals surface area contributed by atoms with Crippen LogP contribution in [0.1, 0.15) is 16.7 Å². The lowest BCUT2D eigenvalue weighted by Gasteiger charge is -2.11. The number of nitrogens with zero attached hydrogens (tertiary/aromatic N) is 1. The number of hydrogen-bond acceptors (Lipinski definition) is 3. The van der Waals surface area contributed by atoms with Gasteiger partial charge in [0.2, 0.25) is 0 Å². The summed E-state index contributed by atoms with van der Waals surface area (Å²) < 4.78 is 6.53. The molecule has 1 N–H and O–H groups in total. The highest BCUT2D eigenvalue weighted by Gasteiger charge is 2.09. The summed E-state index contributed by atoms with van der Waals surface area (Å²) in [5.41, 5.74) is 4.19. The summed E-state index contributed by atoms with van der Waals surface area (Å²) in [4.78, 5) is 19.5. The second-order valence-corrected chi connectivity index (χ2v) is 6.83. The number of aliphatic imine (C=N–C) groups is 1. The van der Waals surface area contributed by atoms with Crippen molar-refractivity contribution in [3.05, 3.63) is 63.8 Å². The van der Waals surface area contributed by atoms with Crippen LogP contribution in [0.4, 0.5) is 0 Å². The van der Waals surface area contributed by atoms with Crippen LogP contribution in [-0.4, -0.2) is 30.1 Å². The van der Waals surface area contributed by atoms with Crippen molar-refractivity contribution < 1.29 is 9.53 Å². The van der Waals surface area contributed by atoms with Crippen LogP contribution in [0.15, 0.2) is 52.1 Å². The zero-order valence-electron chi connectivity index (χ0n) is 14.2. The average Bonchev–Trinajstić information content (AvgIpc) is 3.03. The van der Waals surface area contributed by atoms with Crippen LogP contribution < -0.4 is 4.74 Å². The standard InChI is InChI=1S/C20H19BrN2O2/c1-13-8-14(2)20(18(21)9-13)25-12-16(24)11-22-10-15-4-3-5-19-17(15)6-7-23-19/h3-10,23H,11-12H2,1-2H3. The fourth-order valence-corrected chi connectivity index (χ4v) is 3.54. The first-order chi connectivity index (χ1) is 12.0. The van der Waals surface area contributed by atoms with Crippen molar-refractivity contribution in [3.8, 4) is 5.75 Å². The third-order valence-corrected chi connectivity index (χ3v) is 4.47. The van der Waals surface area contributed by atoms with E-state index in [2.05, 4.69) is 25.9 Å². The highest BCUT2D eigenvalue weighted by molar-refractivity contribution is 9.10. The molecule has 0 unspecified atom stereocenters. The fraction of sp³-hybridized carbons (Fsp3) is 0.200. The van der Waals surface area contributed by atoms with E-state index in [0.717, 1.165) is 32.1 Å². The number of benzene rings is 2. The summed E-state index contributed by atoms with van der Waals surface area (Å²) in [6.07, 6.45) is 3.63. The fourth-order valence-electron chi connectivity index (χ4n) is 2.75. The van der Waals surface area contributed by atoms with Crippen molar-refractivity contribution in [1.82, 2.24) is 4.98 Å². The van der Waals surface area contributed by atoms with Gasteiger partial charge < -0.3 is 9.72 Å². The SMILES string of the molecule is Cc1cc(C)c(OCC(=O)CN=Cc2cccc3[nH]ccc23)c(Br)c1. The lowest BCUT2D eigenvalue weighted by Crippen LogP contribution is -2.15. The van der Waals surface area contributed by atoms with Gasteiger partial charge in [-0.25, -0.2) is 0 Å². The molecule has 128 valence electrons. The first kappa shape index (κ1) is 17.4. The first-order valence-electron chi connectivity index (χ1n) is 8.02. The monoisotopic (exact) mass is 398 g/mol. The smallest absolute Gasteiger partial charge is 0.191 e. The zero-order chi connectivity index (χ0) is 17.8. The van der Waals surface area contributed by atoms with Gasteiger partial charge in [0.25, 0.3) is 0 Å². The molecule has 0 saturated carbocycles. The Hall–Kier alpha value is -2.40. The van der Waals surface area contributed by atoms with Gasteiger partial charge >= 0.3 is 0 Å². The molecule has 3 rings (SSSR count). The third-order valence-electron chi connectivity index (χ3n) is 3.88. The lowest BCUT2D eigenvalue weighted by atomic mass is 10.1. The van der Waals surface area contributed by atoms with Crippen molar-refractivity contribution in [2.75, 3.05) is 13.2 Å². The Balaban J connectivity index is 1.59. The quantitative estimate of drug-likeness (QED) is 0.616. The van der Waals surface area contributed by atoms with Crippen LogP contribution in [0.5, 0.6) is 5.75 Å². The van der Waals surface area contributed by atoms with Crippen LogP contribution >= 0.6 is 15.9 Å². The molecule has 1 heterocycles. The third kappa shape index (κ3) is 4.17. The number of aryl methyl sites for hydroxylation is 2. The summed E-state index contributed by atoms with van der Waals surface area (Å²) in [5, 5.41) is 1.09. The minimum absolute atomic E-state index is 0.00813. The number of nitrogens with one attached hydrogen (secondary N) is 1. The van der Waals surface area contributed by atoms with Gasteiger partial charge in [0, 0.05) is 28.9 Å². The molecule has 0 spiro atoms. The number of rotatable bonds is 6. The van der Waals surface area contributed by atoms with E-state index in [0.29, 0.717) is 5.75 Å². The van der Waals surface area contributed by atoms with Gasteiger partial charge in [0.05, 0.1) is 4.47 Å². The van der Waals surface area contributed by atoms with Gasteiger partial charge in [-0.05, 0) is 59.1 Å². The van der Waals surface area contributed by atoms with Crippen LogP contribution in [0.3, 0.4) is 0 Å². The van der Waals surface area contributed by atoms with Crippen molar-refractivity contribution in [2.45, 2.75) is 13.8 Å². The number of Topliss-reactive ketones (excluding diaryl/α,β-unsaturated/α-hetero) is 1. The molecular formula is C20H19BrN2O2. The number of hydrogen-bond donors (Lipinski definition) is 1. The van der Waals surface area contributed by atoms with E-state index in [1.807, 2.05) is 56.4 Å². The second-order valence-electron chi connectivity index (χ2n) is 5.98. The van der Waals surface area contributed by atoms with Gasteiger partial charge in [-0.3, -0.25) is 9.79 Å². The topological polar surface area (TPSA) is 54.4 Å². The van der Waals surface area contributed by atoms with Crippen molar-refractivity contribution in [3.63, 3.8) is 0 Å². The van der Waals surface area contributed by atoms with Crippen LogP contribution in [-0.2, 0) is 4.79 Å². The normalized spacial score (nSPS) is 11.3. The number of carbonyl (C=O) groups is 1. The second kappa shape index (κ2) is 7.66. The number of aromatic nitrogens is 1. The van der Waals surface area contributed by atoms with E-state index in [1.54, 1.807) is 6.21 Å². The summed E-state index contributed by atoms with van der Waals surface area (Å²) in [5.74, 6) is 0.643. The Kier molecular flexibility index (Phi) is 5.34. The maximum Gasteiger partial charge on any atom is 0.191 e. The molecule has 0 radical (unpaired) electrons. The van der Waals surface area contributed by atoms with Crippen LogP contribution in [0.2, 0.25) is 0 Å². The number of carbonyl (C=O) groups excluding carboxylic acids is 1. The van der Waals surface area contributed by atoms with E-state index in [9.17, 15) is 4.79 Å². The molecule has 0 aliphatic carbocycles. The zero-order valence-corrected chi connectivity index (χ0v) is 15.8. The van der Waals surface area contributed by atoms with E-state index in [1.165, 1.54) is 0 Å². The molecule has 5 heteroatoms. The number of ketones is 1. The molecule has 0 atom stereocenters.